The quantitative estimate of drug-likeness (QED) is 0.160. The lowest BCUT2D eigenvalue weighted by Crippen LogP contribution is -2.52. The van der Waals surface area contributed by atoms with E-state index in [-0.39, 0.29) is 54.6 Å². The number of rotatable bonds is 14. The molecule has 3 N–H and O–H groups in total. The summed E-state index contributed by atoms with van der Waals surface area (Å²) in [4.78, 5) is 49.3. The number of aliphatic carboxylic acids is 1. The minimum atomic E-state index is -1.82. The molecule has 0 heterocycles. The molecule has 2 atom stereocenters. The first-order valence-corrected chi connectivity index (χ1v) is 13.7. The second kappa shape index (κ2) is 15.0. The summed E-state index contributed by atoms with van der Waals surface area (Å²) in [6, 6.07) is 4.45. The van der Waals surface area contributed by atoms with Crippen LogP contribution < -0.4 is 15.2 Å². The van der Waals surface area contributed by atoms with Crippen molar-refractivity contribution in [3.63, 3.8) is 0 Å². The fourth-order valence-electron chi connectivity index (χ4n) is 3.87. The number of carboxylic acids is 1. The molecule has 0 amide bonds. The van der Waals surface area contributed by atoms with Crippen LogP contribution in [0.25, 0.3) is 0 Å². The molecule has 226 valence electrons. The van der Waals surface area contributed by atoms with Crippen LogP contribution in [0.15, 0.2) is 18.2 Å². The molecular formula is C30H47NO9. The van der Waals surface area contributed by atoms with Crippen LogP contribution in [0.1, 0.15) is 99.5 Å². The molecule has 0 spiro atoms. The normalized spacial score (nSPS) is 14.0. The molecule has 10 nitrogen and oxygen atoms in total. The Hall–Kier alpha value is -3.14. The van der Waals surface area contributed by atoms with Gasteiger partial charge in [-0.05, 0) is 41.9 Å². The Kier molecular flexibility index (Phi) is 13.1. The van der Waals surface area contributed by atoms with Crippen molar-refractivity contribution in [1.29, 1.82) is 0 Å². The van der Waals surface area contributed by atoms with Crippen molar-refractivity contribution in [1.82, 2.24) is 0 Å². The highest BCUT2D eigenvalue weighted by Crippen LogP contribution is 2.33. The minimum Gasteiger partial charge on any atom is -0.480 e. The second-order valence-electron chi connectivity index (χ2n) is 12.8. The van der Waals surface area contributed by atoms with E-state index in [4.69, 9.17) is 24.7 Å². The SMILES string of the molecule is CCCCCOC(=O)O[C@@H](C)CC(N)(Cc1ccc(OC(=O)CC(C)(C)C)c(OC(=O)CC(C)(C)C)c1)C(=O)O. The number of ether oxygens (including phenoxy) is 4. The van der Waals surface area contributed by atoms with Gasteiger partial charge in [0, 0.05) is 12.8 Å². The predicted octanol–water partition coefficient (Wildman–Crippen LogP) is 5.82. The van der Waals surface area contributed by atoms with E-state index in [0.29, 0.717) is 12.0 Å². The van der Waals surface area contributed by atoms with Crippen LogP contribution in [0.3, 0.4) is 0 Å². The van der Waals surface area contributed by atoms with Crippen molar-refractivity contribution in [3.8, 4) is 11.5 Å². The number of nitrogens with two attached hydrogens (primary N) is 1. The van der Waals surface area contributed by atoms with Crippen LogP contribution in [0.4, 0.5) is 4.79 Å². The van der Waals surface area contributed by atoms with Gasteiger partial charge in [-0.25, -0.2) is 4.79 Å². The molecule has 0 fully saturated rings. The number of unbranched alkanes of at least 4 members (excludes halogenated alkanes) is 2. The van der Waals surface area contributed by atoms with Gasteiger partial charge in [0.2, 0.25) is 0 Å². The number of carbonyl (C=O) groups is 4. The molecule has 10 heteroatoms. The topological polar surface area (TPSA) is 151 Å². The Morgan fingerprint density at radius 3 is 1.95 bits per heavy atom. The Morgan fingerprint density at radius 2 is 1.45 bits per heavy atom. The van der Waals surface area contributed by atoms with Crippen molar-refractivity contribution in [2.75, 3.05) is 6.61 Å². The van der Waals surface area contributed by atoms with Crippen molar-refractivity contribution in [3.05, 3.63) is 23.8 Å². The molecule has 0 aliphatic heterocycles. The molecule has 0 aromatic heterocycles. The standard InChI is InChI=1S/C30H47NO9/c1-9-10-11-14-37-27(36)38-20(2)16-30(31,26(34)35)17-21-12-13-22(39-24(32)18-28(3,4)5)23(15-21)40-25(33)19-29(6,7)8/h12-13,15,20H,9-11,14,16-19,31H2,1-8H3,(H,34,35)/t20-,30?/m0/s1. The molecule has 1 aromatic carbocycles. The molecule has 1 unspecified atom stereocenters. The fourth-order valence-corrected chi connectivity index (χ4v) is 3.87. The van der Waals surface area contributed by atoms with Gasteiger partial charge in [-0.3, -0.25) is 14.4 Å². The maximum Gasteiger partial charge on any atom is 0.508 e. The molecule has 0 aliphatic carbocycles. The van der Waals surface area contributed by atoms with E-state index >= 15 is 0 Å². The van der Waals surface area contributed by atoms with Gasteiger partial charge >= 0.3 is 24.1 Å². The molecule has 0 aliphatic rings. The molecule has 0 bridgehead atoms. The van der Waals surface area contributed by atoms with Gasteiger partial charge in [0.25, 0.3) is 0 Å². The van der Waals surface area contributed by atoms with Gasteiger partial charge < -0.3 is 29.8 Å². The van der Waals surface area contributed by atoms with Crippen LogP contribution >= 0.6 is 0 Å². The number of carbonyl (C=O) groups excluding carboxylic acids is 3. The Labute approximate surface area is 237 Å². The number of carboxylic acid groups (broad SMARTS) is 1. The summed E-state index contributed by atoms with van der Waals surface area (Å²) in [5, 5.41) is 9.95. The second-order valence-corrected chi connectivity index (χ2v) is 12.8. The van der Waals surface area contributed by atoms with E-state index in [1.807, 2.05) is 48.5 Å². The van der Waals surface area contributed by atoms with E-state index in [1.165, 1.54) is 19.1 Å². The van der Waals surface area contributed by atoms with Crippen molar-refractivity contribution in [2.45, 2.75) is 112 Å². The third kappa shape index (κ3) is 13.8. The van der Waals surface area contributed by atoms with Crippen LogP contribution in [0.2, 0.25) is 0 Å². The van der Waals surface area contributed by atoms with E-state index < -0.39 is 35.7 Å². The van der Waals surface area contributed by atoms with Crippen LogP contribution in [-0.4, -0.2) is 47.4 Å². The largest absolute Gasteiger partial charge is 0.508 e. The van der Waals surface area contributed by atoms with E-state index in [2.05, 4.69) is 0 Å². The summed E-state index contributed by atoms with van der Waals surface area (Å²) in [7, 11) is 0. The summed E-state index contributed by atoms with van der Waals surface area (Å²) in [5.41, 5.74) is 4.23. The zero-order valence-electron chi connectivity index (χ0n) is 25.3. The molecule has 0 radical (unpaired) electrons. The number of hydrogen-bond acceptors (Lipinski definition) is 9. The first kappa shape index (κ1) is 34.9. The summed E-state index contributed by atoms with van der Waals surface area (Å²) in [6.07, 6.45) is 0.721. The predicted molar refractivity (Wildman–Crippen MR) is 150 cm³/mol. The lowest BCUT2D eigenvalue weighted by Gasteiger charge is -2.28. The van der Waals surface area contributed by atoms with Gasteiger partial charge in [-0.1, -0.05) is 67.4 Å². The first-order valence-electron chi connectivity index (χ1n) is 13.7. The van der Waals surface area contributed by atoms with Crippen molar-refractivity contribution < 1.29 is 43.2 Å². The van der Waals surface area contributed by atoms with Crippen LogP contribution in [0.5, 0.6) is 11.5 Å². The number of hydrogen-bond donors (Lipinski definition) is 2. The highest BCUT2D eigenvalue weighted by atomic mass is 16.7. The highest BCUT2D eigenvalue weighted by Gasteiger charge is 2.37. The zero-order chi connectivity index (χ0) is 30.7. The Balaban J connectivity index is 3.14. The van der Waals surface area contributed by atoms with Crippen LogP contribution in [-0.2, 0) is 30.3 Å². The third-order valence-corrected chi connectivity index (χ3v) is 5.67. The zero-order valence-corrected chi connectivity index (χ0v) is 25.3. The van der Waals surface area contributed by atoms with Gasteiger partial charge in [0.15, 0.2) is 11.5 Å². The number of esters is 2. The Morgan fingerprint density at radius 1 is 0.900 bits per heavy atom. The average molecular weight is 566 g/mol. The lowest BCUT2D eigenvalue weighted by atomic mass is 9.86. The van der Waals surface area contributed by atoms with Gasteiger partial charge in [0.1, 0.15) is 11.6 Å². The maximum absolute atomic E-state index is 12.6. The molecule has 0 saturated heterocycles. The minimum absolute atomic E-state index is 0.0123. The average Bonchev–Trinajstić information content (AvgIpc) is 2.75. The first-order chi connectivity index (χ1) is 18.3. The summed E-state index contributed by atoms with van der Waals surface area (Å²) < 4.78 is 21.3. The smallest absolute Gasteiger partial charge is 0.480 e. The lowest BCUT2D eigenvalue weighted by molar-refractivity contribution is -0.144. The van der Waals surface area contributed by atoms with E-state index in [1.54, 1.807) is 6.07 Å². The fraction of sp³-hybridized carbons (Fsp3) is 0.667. The van der Waals surface area contributed by atoms with Crippen molar-refractivity contribution in [2.24, 2.45) is 16.6 Å². The summed E-state index contributed by atoms with van der Waals surface area (Å²) in [6.45, 7) is 15.1. The number of benzene rings is 1. The maximum atomic E-state index is 12.6. The molecule has 40 heavy (non-hydrogen) atoms. The summed E-state index contributed by atoms with van der Waals surface area (Å²) in [5.74, 6) is -2.30. The van der Waals surface area contributed by atoms with Gasteiger partial charge in [-0.2, -0.15) is 0 Å². The molecular weight excluding hydrogens is 518 g/mol. The third-order valence-electron chi connectivity index (χ3n) is 5.67. The van der Waals surface area contributed by atoms with E-state index in [9.17, 15) is 24.3 Å². The molecule has 1 rings (SSSR count). The van der Waals surface area contributed by atoms with E-state index in [0.717, 1.165) is 12.8 Å². The Bertz CT molecular complexity index is 1020. The van der Waals surface area contributed by atoms with Gasteiger partial charge in [-0.15, -0.1) is 0 Å². The van der Waals surface area contributed by atoms with Crippen molar-refractivity contribution >= 4 is 24.1 Å². The molecule has 1 aromatic rings. The highest BCUT2D eigenvalue weighted by molar-refractivity contribution is 5.80. The van der Waals surface area contributed by atoms with Crippen LogP contribution in [0, 0.1) is 10.8 Å². The summed E-state index contributed by atoms with van der Waals surface area (Å²) >= 11 is 0. The van der Waals surface area contributed by atoms with Gasteiger partial charge in [0.05, 0.1) is 19.4 Å². The monoisotopic (exact) mass is 565 g/mol. The molecule has 0 saturated carbocycles.